The van der Waals surface area contributed by atoms with Crippen LogP contribution in [0, 0.1) is 0 Å². The molecule has 1 saturated heterocycles. The number of nitrogens with zero attached hydrogens (tertiary/aromatic N) is 3. The zero-order valence-electron chi connectivity index (χ0n) is 18.3. The molecule has 1 N–H and O–H groups in total. The van der Waals surface area contributed by atoms with Crippen LogP contribution in [0.25, 0.3) is 5.69 Å². The molecular weight excluding hydrogens is 440 g/mol. The monoisotopic (exact) mass is 466 g/mol. The number of carbonyl (C=O) groups excluding carboxylic acids is 1. The van der Waals surface area contributed by atoms with Gasteiger partial charge in [-0.05, 0) is 55.7 Å². The summed E-state index contributed by atoms with van der Waals surface area (Å²) >= 11 is 0. The number of piperidine rings is 1. The van der Waals surface area contributed by atoms with E-state index in [9.17, 15) is 18.0 Å². The Morgan fingerprint density at radius 3 is 2.48 bits per heavy atom. The van der Waals surface area contributed by atoms with Crippen LogP contribution in [0.4, 0.5) is 5.69 Å². The van der Waals surface area contributed by atoms with Gasteiger partial charge in [0, 0.05) is 30.5 Å². The van der Waals surface area contributed by atoms with Gasteiger partial charge in [-0.3, -0.25) is 9.59 Å². The number of aromatic nitrogens is 2. The molecule has 0 spiro atoms. The summed E-state index contributed by atoms with van der Waals surface area (Å²) in [5.41, 5.74) is 0.330. The molecule has 3 aromatic rings. The lowest BCUT2D eigenvalue weighted by molar-refractivity contribution is 0.101. The molecule has 1 unspecified atom stereocenters. The van der Waals surface area contributed by atoms with E-state index in [-0.39, 0.29) is 16.6 Å². The van der Waals surface area contributed by atoms with Crippen molar-refractivity contribution in [3.05, 3.63) is 82.8 Å². The summed E-state index contributed by atoms with van der Waals surface area (Å²) in [4.78, 5) is 25.1. The molecule has 1 atom stereocenters. The second kappa shape index (κ2) is 9.68. The maximum Gasteiger partial charge on any atom is 0.280 e. The molecule has 1 aromatic heterocycles. The standard InChI is InChI=1S/C24H26N4O4S/c1-2-19-8-6-7-16-28(19)33(31,32)21-13-11-18(12-14-21)25-24(30)23-22(29)15-17-27(26-23)20-9-4-3-5-10-20/h3-5,9-15,17,19H,2,6-8,16H2,1H3,(H,25,30). The van der Waals surface area contributed by atoms with E-state index >= 15 is 0 Å². The van der Waals surface area contributed by atoms with Crippen LogP contribution >= 0.6 is 0 Å². The lowest BCUT2D eigenvalue weighted by Crippen LogP contribution is -2.43. The minimum Gasteiger partial charge on any atom is -0.320 e. The van der Waals surface area contributed by atoms with Gasteiger partial charge >= 0.3 is 0 Å². The Bertz CT molecular complexity index is 1290. The molecule has 8 nitrogen and oxygen atoms in total. The molecule has 0 bridgehead atoms. The molecule has 0 aliphatic carbocycles. The number of para-hydroxylation sites is 1. The minimum absolute atomic E-state index is 0.0130. The number of amides is 1. The van der Waals surface area contributed by atoms with Crippen LogP contribution in [-0.2, 0) is 10.0 Å². The molecule has 172 valence electrons. The van der Waals surface area contributed by atoms with Crippen molar-refractivity contribution in [1.29, 1.82) is 0 Å². The van der Waals surface area contributed by atoms with E-state index in [0.717, 1.165) is 25.7 Å². The normalized spacial score (nSPS) is 16.9. The van der Waals surface area contributed by atoms with E-state index in [4.69, 9.17) is 0 Å². The topological polar surface area (TPSA) is 101 Å². The first-order valence-electron chi connectivity index (χ1n) is 11.0. The fourth-order valence-electron chi connectivity index (χ4n) is 4.02. The van der Waals surface area contributed by atoms with Gasteiger partial charge in [0.25, 0.3) is 5.91 Å². The molecule has 2 aromatic carbocycles. The summed E-state index contributed by atoms with van der Waals surface area (Å²) in [6, 6.07) is 16.4. The van der Waals surface area contributed by atoms with Crippen molar-refractivity contribution in [2.45, 2.75) is 43.5 Å². The first kappa shape index (κ1) is 22.9. The van der Waals surface area contributed by atoms with Gasteiger partial charge in [-0.15, -0.1) is 0 Å². The molecule has 1 amide bonds. The lowest BCUT2D eigenvalue weighted by Gasteiger charge is -2.34. The van der Waals surface area contributed by atoms with E-state index in [0.29, 0.717) is 17.9 Å². The third kappa shape index (κ3) is 4.89. The molecule has 33 heavy (non-hydrogen) atoms. The van der Waals surface area contributed by atoms with Crippen LogP contribution in [-0.4, -0.2) is 41.0 Å². The highest BCUT2D eigenvalue weighted by atomic mass is 32.2. The predicted octanol–water partition coefficient (Wildman–Crippen LogP) is 3.44. The Balaban J connectivity index is 1.53. The van der Waals surface area contributed by atoms with E-state index in [1.807, 2.05) is 37.3 Å². The number of hydrogen-bond donors (Lipinski definition) is 1. The fraction of sp³-hybridized carbons (Fsp3) is 0.292. The lowest BCUT2D eigenvalue weighted by atomic mass is 10.0. The molecule has 0 radical (unpaired) electrons. The minimum atomic E-state index is -3.61. The summed E-state index contributed by atoms with van der Waals surface area (Å²) in [5, 5.41) is 6.80. The number of anilines is 1. The first-order chi connectivity index (χ1) is 15.9. The van der Waals surface area contributed by atoms with E-state index in [1.54, 1.807) is 4.31 Å². The Kier molecular flexibility index (Phi) is 6.71. The average Bonchev–Trinajstić information content (AvgIpc) is 2.85. The van der Waals surface area contributed by atoms with Gasteiger partial charge in [-0.25, -0.2) is 13.1 Å². The predicted molar refractivity (Wildman–Crippen MR) is 126 cm³/mol. The SMILES string of the molecule is CCC1CCCCN1S(=O)(=O)c1ccc(NC(=O)c2nn(-c3ccccc3)ccc2=O)cc1. The van der Waals surface area contributed by atoms with E-state index in [2.05, 4.69) is 10.4 Å². The number of nitrogens with one attached hydrogen (secondary N) is 1. The highest BCUT2D eigenvalue weighted by Gasteiger charge is 2.32. The third-order valence-corrected chi connectivity index (χ3v) is 7.77. The van der Waals surface area contributed by atoms with Crippen molar-refractivity contribution < 1.29 is 13.2 Å². The Labute approximate surface area is 192 Å². The van der Waals surface area contributed by atoms with Crippen molar-refractivity contribution >= 4 is 21.6 Å². The first-order valence-corrected chi connectivity index (χ1v) is 12.4. The Morgan fingerprint density at radius 1 is 1.06 bits per heavy atom. The number of hydrogen-bond acceptors (Lipinski definition) is 5. The molecule has 9 heteroatoms. The average molecular weight is 467 g/mol. The van der Waals surface area contributed by atoms with Crippen molar-refractivity contribution in [2.24, 2.45) is 0 Å². The maximum atomic E-state index is 13.1. The summed E-state index contributed by atoms with van der Waals surface area (Å²) in [6.45, 7) is 2.52. The number of carbonyl (C=O) groups is 1. The van der Waals surface area contributed by atoms with Crippen LogP contribution < -0.4 is 10.7 Å². The van der Waals surface area contributed by atoms with Crippen LogP contribution in [0.1, 0.15) is 43.1 Å². The highest BCUT2D eigenvalue weighted by Crippen LogP contribution is 2.27. The quantitative estimate of drug-likeness (QED) is 0.600. The summed E-state index contributed by atoms with van der Waals surface area (Å²) < 4.78 is 29.3. The summed E-state index contributed by atoms with van der Waals surface area (Å²) in [6.07, 6.45) is 5.04. The zero-order chi connectivity index (χ0) is 23.4. The second-order valence-corrected chi connectivity index (χ2v) is 9.85. The van der Waals surface area contributed by atoms with Gasteiger partial charge in [0.05, 0.1) is 10.6 Å². The van der Waals surface area contributed by atoms with Gasteiger partial charge in [0.2, 0.25) is 15.5 Å². The summed E-state index contributed by atoms with van der Waals surface area (Å²) in [7, 11) is -3.61. The van der Waals surface area contributed by atoms with Crippen LogP contribution in [0.3, 0.4) is 0 Å². The molecule has 2 heterocycles. The van der Waals surface area contributed by atoms with Gasteiger partial charge in [-0.2, -0.15) is 9.40 Å². The molecule has 1 aliphatic rings. The fourth-order valence-corrected chi connectivity index (χ4v) is 5.79. The Morgan fingerprint density at radius 2 is 1.79 bits per heavy atom. The van der Waals surface area contributed by atoms with Crippen molar-refractivity contribution in [3.63, 3.8) is 0 Å². The largest absolute Gasteiger partial charge is 0.320 e. The van der Waals surface area contributed by atoms with Gasteiger partial charge in [-0.1, -0.05) is 31.5 Å². The van der Waals surface area contributed by atoms with E-state index in [1.165, 1.54) is 41.2 Å². The molecule has 1 fully saturated rings. The number of rotatable bonds is 6. The number of benzene rings is 2. The van der Waals surface area contributed by atoms with Gasteiger partial charge in [0.1, 0.15) is 0 Å². The van der Waals surface area contributed by atoms with Crippen molar-refractivity contribution in [2.75, 3.05) is 11.9 Å². The van der Waals surface area contributed by atoms with E-state index < -0.39 is 21.4 Å². The molecule has 0 saturated carbocycles. The summed E-state index contributed by atoms with van der Waals surface area (Å²) in [5.74, 6) is -0.664. The van der Waals surface area contributed by atoms with Gasteiger partial charge < -0.3 is 5.32 Å². The molecular formula is C24H26N4O4S. The molecule has 1 aliphatic heterocycles. The smallest absolute Gasteiger partial charge is 0.280 e. The van der Waals surface area contributed by atoms with Gasteiger partial charge in [0.15, 0.2) is 5.69 Å². The number of sulfonamides is 1. The second-order valence-electron chi connectivity index (χ2n) is 7.96. The van der Waals surface area contributed by atoms with Crippen LogP contribution in [0.2, 0.25) is 0 Å². The maximum absolute atomic E-state index is 13.1. The van der Waals surface area contributed by atoms with Crippen molar-refractivity contribution in [3.8, 4) is 5.69 Å². The Hall–Kier alpha value is -3.30. The van der Waals surface area contributed by atoms with Crippen LogP contribution in [0.15, 0.2) is 76.6 Å². The van der Waals surface area contributed by atoms with Crippen LogP contribution in [0.5, 0.6) is 0 Å². The molecule has 4 rings (SSSR count). The highest BCUT2D eigenvalue weighted by molar-refractivity contribution is 7.89. The zero-order valence-corrected chi connectivity index (χ0v) is 19.2. The third-order valence-electron chi connectivity index (χ3n) is 5.81. The van der Waals surface area contributed by atoms with Crippen molar-refractivity contribution in [1.82, 2.24) is 14.1 Å².